The van der Waals surface area contributed by atoms with Crippen LogP contribution in [0.5, 0.6) is 0 Å². The minimum atomic E-state index is -0.605. The van der Waals surface area contributed by atoms with E-state index in [4.69, 9.17) is 5.73 Å². The van der Waals surface area contributed by atoms with Crippen molar-refractivity contribution in [3.63, 3.8) is 0 Å². The first-order valence-corrected chi connectivity index (χ1v) is 8.12. The molecule has 0 bridgehead atoms. The van der Waals surface area contributed by atoms with Crippen LogP contribution in [-0.4, -0.2) is 54.0 Å². The van der Waals surface area contributed by atoms with Gasteiger partial charge in [0.15, 0.2) is 11.5 Å². The predicted octanol–water partition coefficient (Wildman–Crippen LogP) is 0.880. The van der Waals surface area contributed by atoms with E-state index in [2.05, 4.69) is 25.1 Å². The molecule has 132 valence electrons. The van der Waals surface area contributed by atoms with Gasteiger partial charge in [-0.1, -0.05) is 0 Å². The summed E-state index contributed by atoms with van der Waals surface area (Å²) in [5, 5.41) is 2.38. The normalized spacial score (nSPS) is 15.2. The lowest BCUT2D eigenvalue weighted by atomic mass is 10.2. The minimum Gasteiger partial charge on any atom is -0.384 e. The summed E-state index contributed by atoms with van der Waals surface area (Å²) in [6.07, 6.45) is 3.26. The molecule has 1 fully saturated rings. The fourth-order valence-corrected chi connectivity index (χ4v) is 2.90. The largest absolute Gasteiger partial charge is 0.384 e. The number of anilines is 2. The Bertz CT molecular complexity index is 761. The fourth-order valence-electron chi connectivity index (χ4n) is 2.90. The molecule has 1 aliphatic rings. The first kappa shape index (κ1) is 17.1. The standard InChI is InChI=1S/C17H21FN6O/c1-20-17(25)16-14(18)9-13(10-22-16)24-6-4-23(5-7-24)11-12-2-3-21-15(19)8-12/h2-3,8-10H,4-7,11H2,1H3,(H2,19,21)(H,20,25). The van der Waals surface area contributed by atoms with E-state index in [1.807, 2.05) is 12.1 Å². The van der Waals surface area contributed by atoms with E-state index in [-0.39, 0.29) is 5.69 Å². The number of hydrogen-bond donors (Lipinski definition) is 2. The Hall–Kier alpha value is -2.74. The van der Waals surface area contributed by atoms with Crippen molar-refractivity contribution < 1.29 is 9.18 Å². The van der Waals surface area contributed by atoms with E-state index in [0.29, 0.717) is 11.5 Å². The van der Waals surface area contributed by atoms with Crippen LogP contribution in [0.3, 0.4) is 0 Å². The van der Waals surface area contributed by atoms with Crippen molar-refractivity contribution in [1.29, 1.82) is 0 Å². The molecular formula is C17H21FN6O. The Morgan fingerprint density at radius 2 is 2.04 bits per heavy atom. The zero-order valence-corrected chi connectivity index (χ0v) is 14.1. The molecule has 0 aliphatic carbocycles. The van der Waals surface area contributed by atoms with Crippen LogP contribution in [0.25, 0.3) is 0 Å². The summed E-state index contributed by atoms with van der Waals surface area (Å²) in [6.45, 7) is 4.03. The van der Waals surface area contributed by atoms with Gasteiger partial charge in [0, 0.05) is 52.0 Å². The number of aromatic nitrogens is 2. The maximum Gasteiger partial charge on any atom is 0.272 e. The monoisotopic (exact) mass is 344 g/mol. The van der Waals surface area contributed by atoms with E-state index in [1.165, 1.54) is 13.1 Å². The number of halogens is 1. The molecule has 3 N–H and O–H groups in total. The van der Waals surface area contributed by atoms with Crippen LogP contribution in [0.1, 0.15) is 16.1 Å². The van der Waals surface area contributed by atoms with Crippen molar-refractivity contribution in [3.8, 4) is 0 Å². The van der Waals surface area contributed by atoms with Crippen molar-refractivity contribution >= 4 is 17.4 Å². The SMILES string of the molecule is CNC(=O)c1ncc(N2CCN(Cc3ccnc(N)c3)CC2)cc1F. The lowest BCUT2D eigenvalue weighted by Gasteiger charge is -2.36. The first-order chi connectivity index (χ1) is 12.1. The predicted molar refractivity (Wildman–Crippen MR) is 93.7 cm³/mol. The van der Waals surface area contributed by atoms with Crippen LogP contribution in [0.15, 0.2) is 30.6 Å². The molecule has 0 spiro atoms. The summed E-state index contributed by atoms with van der Waals surface area (Å²) in [6, 6.07) is 5.21. The third-order valence-electron chi connectivity index (χ3n) is 4.26. The Kier molecular flexibility index (Phi) is 5.08. The maximum absolute atomic E-state index is 14.1. The summed E-state index contributed by atoms with van der Waals surface area (Å²) in [5.41, 5.74) is 7.35. The molecule has 25 heavy (non-hydrogen) atoms. The van der Waals surface area contributed by atoms with Crippen LogP contribution < -0.4 is 16.0 Å². The Balaban J connectivity index is 1.60. The number of nitrogens with zero attached hydrogens (tertiary/aromatic N) is 4. The molecule has 1 aliphatic heterocycles. The minimum absolute atomic E-state index is 0.180. The molecule has 2 aromatic heterocycles. The summed E-state index contributed by atoms with van der Waals surface area (Å²) in [5.74, 6) is -0.606. The summed E-state index contributed by atoms with van der Waals surface area (Å²) >= 11 is 0. The molecule has 8 heteroatoms. The molecule has 3 rings (SSSR count). The van der Waals surface area contributed by atoms with Crippen LogP contribution in [0.2, 0.25) is 0 Å². The van der Waals surface area contributed by atoms with E-state index in [9.17, 15) is 9.18 Å². The molecule has 1 amide bonds. The van der Waals surface area contributed by atoms with E-state index < -0.39 is 11.7 Å². The summed E-state index contributed by atoms with van der Waals surface area (Å²) in [4.78, 5) is 23.9. The Labute approximate surface area is 145 Å². The molecule has 7 nitrogen and oxygen atoms in total. The number of nitrogens with two attached hydrogens (primary N) is 1. The average molecular weight is 344 g/mol. The van der Waals surface area contributed by atoms with Gasteiger partial charge in [-0.2, -0.15) is 0 Å². The number of hydrogen-bond acceptors (Lipinski definition) is 6. The number of piperazine rings is 1. The van der Waals surface area contributed by atoms with Gasteiger partial charge in [0.05, 0.1) is 11.9 Å². The first-order valence-electron chi connectivity index (χ1n) is 8.12. The zero-order chi connectivity index (χ0) is 17.8. The van der Waals surface area contributed by atoms with Gasteiger partial charge in [0.25, 0.3) is 5.91 Å². The number of nitrogen functional groups attached to an aromatic ring is 1. The highest BCUT2D eigenvalue weighted by Crippen LogP contribution is 2.19. The Morgan fingerprint density at radius 1 is 1.28 bits per heavy atom. The third kappa shape index (κ3) is 4.03. The number of nitrogens with one attached hydrogen (secondary N) is 1. The van der Waals surface area contributed by atoms with E-state index in [0.717, 1.165) is 38.3 Å². The van der Waals surface area contributed by atoms with Gasteiger partial charge in [0.2, 0.25) is 0 Å². The highest BCUT2D eigenvalue weighted by molar-refractivity contribution is 5.92. The van der Waals surface area contributed by atoms with Gasteiger partial charge in [-0.15, -0.1) is 0 Å². The van der Waals surface area contributed by atoms with Crippen LogP contribution in [0, 0.1) is 5.82 Å². The van der Waals surface area contributed by atoms with E-state index in [1.54, 1.807) is 12.4 Å². The topological polar surface area (TPSA) is 87.4 Å². The highest BCUT2D eigenvalue weighted by atomic mass is 19.1. The van der Waals surface area contributed by atoms with Gasteiger partial charge in [-0.3, -0.25) is 9.69 Å². The second-order valence-corrected chi connectivity index (χ2v) is 5.96. The second-order valence-electron chi connectivity index (χ2n) is 5.96. The van der Waals surface area contributed by atoms with Crippen LogP contribution in [-0.2, 0) is 6.54 Å². The average Bonchev–Trinajstić information content (AvgIpc) is 2.62. The zero-order valence-electron chi connectivity index (χ0n) is 14.1. The van der Waals surface area contributed by atoms with Gasteiger partial charge in [0.1, 0.15) is 5.82 Å². The number of amides is 1. The maximum atomic E-state index is 14.1. The molecule has 1 saturated heterocycles. The van der Waals surface area contributed by atoms with Crippen LogP contribution in [0.4, 0.5) is 15.9 Å². The van der Waals surface area contributed by atoms with Crippen LogP contribution >= 0.6 is 0 Å². The summed E-state index contributed by atoms with van der Waals surface area (Å²) in [7, 11) is 1.45. The highest BCUT2D eigenvalue weighted by Gasteiger charge is 2.20. The van der Waals surface area contributed by atoms with E-state index >= 15 is 0 Å². The fraction of sp³-hybridized carbons (Fsp3) is 0.353. The molecule has 0 aromatic carbocycles. The van der Waals surface area contributed by atoms with Gasteiger partial charge >= 0.3 is 0 Å². The van der Waals surface area contributed by atoms with Gasteiger partial charge in [-0.05, 0) is 17.7 Å². The lowest BCUT2D eigenvalue weighted by molar-refractivity contribution is 0.0954. The van der Waals surface area contributed by atoms with Crippen molar-refractivity contribution in [2.45, 2.75) is 6.54 Å². The summed E-state index contributed by atoms with van der Waals surface area (Å²) < 4.78 is 14.1. The molecular weight excluding hydrogens is 323 g/mol. The molecule has 0 radical (unpaired) electrons. The van der Waals surface area contributed by atoms with Crippen molar-refractivity contribution in [3.05, 3.63) is 47.7 Å². The quantitative estimate of drug-likeness (QED) is 0.856. The molecule has 0 saturated carbocycles. The van der Waals surface area contributed by atoms with Crippen molar-refractivity contribution in [2.24, 2.45) is 0 Å². The number of carbonyl (C=O) groups excluding carboxylic acids is 1. The third-order valence-corrected chi connectivity index (χ3v) is 4.26. The second kappa shape index (κ2) is 7.43. The number of rotatable bonds is 4. The van der Waals surface area contributed by atoms with Gasteiger partial charge in [-0.25, -0.2) is 14.4 Å². The number of carbonyl (C=O) groups is 1. The lowest BCUT2D eigenvalue weighted by Crippen LogP contribution is -2.46. The molecule has 2 aromatic rings. The van der Waals surface area contributed by atoms with Gasteiger partial charge < -0.3 is 16.0 Å². The molecule has 0 unspecified atom stereocenters. The molecule has 3 heterocycles. The van der Waals surface area contributed by atoms with Crippen molar-refractivity contribution in [2.75, 3.05) is 43.9 Å². The van der Waals surface area contributed by atoms with Crippen molar-refractivity contribution in [1.82, 2.24) is 20.2 Å². The molecule has 0 atom stereocenters. The Morgan fingerprint density at radius 3 is 2.68 bits per heavy atom. The number of pyridine rings is 2. The smallest absolute Gasteiger partial charge is 0.272 e.